The van der Waals surface area contributed by atoms with E-state index in [1.807, 2.05) is 0 Å². The van der Waals surface area contributed by atoms with Gasteiger partial charge in [-0.05, 0) is 26.4 Å². The minimum atomic E-state index is -0.663. The fraction of sp³-hybridized carbons (Fsp3) is 0.923. The molecule has 0 aliphatic rings. The van der Waals surface area contributed by atoms with Crippen LogP contribution in [0.5, 0.6) is 0 Å². The lowest BCUT2D eigenvalue weighted by atomic mass is 10.1. The van der Waals surface area contributed by atoms with Crippen molar-refractivity contribution >= 4 is 13.9 Å². The van der Waals surface area contributed by atoms with Crippen molar-refractivity contribution in [1.29, 1.82) is 0 Å². The Morgan fingerprint density at radius 3 is 1.69 bits per heavy atom. The van der Waals surface area contributed by atoms with Gasteiger partial charge in [0.25, 0.3) is 0 Å². The molecule has 2 nitrogen and oxygen atoms in total. The molecule has 0 rings (SSSR count). The molecule has 3 heteroatoms. The van der Waals surface area contributed by atoms with Gasteiger partial charge < -0.3 is 5.11 Å². The minimum absolute atomic E-state index is 0.341. The monoisotopic (exact) mass is 248 g/mol. The first-order valence-electron chi connectivity index (χ1n) is 6.33. The van der Waals surface area contributed by atoms with Gasteiger partial charge in [-0.3, -0.25) is 4.79 Å². The average molecular weight is 248 g/mol. The van der Waals surface area contributed by atoms with Crippen LogP contribution in [0, 0.1) is 0 Å². The van der Waals surface area contributed by atoms with Crippen LogP contribution in [0.25, 0.3) is 0 Å². The molecule has 0 aliphatic heterocycles. The Bertz CT molecular complexity index is 144. The molecule has 0 saturated carbocycles. The van der Waals surface area contributed by atoms with Gasteiger partial charge in [0.05, 0.1) is 0 Å². The highest BCUT2D eigenvalue weighted by atomic mass is 31.1. The van der Waals surface area contributed by atoms with Crippen molar-refractivity contribution in [3.8, 4) is 0 Å². The Balaban J connectivity index is 0. The number of hydrogen-bond acceptors (Lipinski definition) is 1. The Kier molecular flexibility index (Phi) is 17.0. The third-order valence-corrected chi connectivity index (χ3v) is 1.99. The molecule has 0 fully saturated rings. The highest BCUT2D eigenvalue weighted by Crippen LogP contribution is 2.14. The lowest BCUT2D eigenvalue weighted by Gasteiger charge is -1.98. The first-order chi connectivity index (χ1) is 7.50. The van der Waals surface area contributed by atoms with Crippen LogP contribution >= 0.6 is 7.92 Å². The second-order valence-corrected chi connectivity index (χ2v) is 7.29. The lowest BCUT2D eigenvalue weighted by Crippen LogP contribution is -1.93. The number of rotatable bonds is 8. The van der Waals surface area contributed by atoms with E-state index in [1.54, 1.807) is 0 Å². The zero-order valence-corrected chi connectivity index (χ0v) is 12.4. The van der Waals surface area contributed by atoms with E-state index in [2.05, 4.69) is 26.9 Å². The summed E-state index contributed by atoms with van der Waals surface area (Å²) in [5.74, 6) is -0.663. The van der Waals surface area contributed by atoms with Crippen LogP contribution in [-0.2, 0) is 4.79 Å². The Labute approximate surface area is 103 Å². The molecule has 0 aromatic rings. The van der Waals surface area contributed by atoms with Gasteiger partial charge >= 0.3 is 5.97 Å². The maximum atomic E-state index is 10.1. The smallest absolute Gasteiger partial charge is 0.303 e. The summed E-state index contributed by atoms with van der Waals surface area (Å²) < 4.78 is 0. The third kappa shape index (κ3) is 29.2. The summed E-state index contributed by atoms with van der Waals surface area (Å²) in [4.78, 5) is 10.1. The fourth-order valence-corrected chi connectivity index (χ4v) is 1.23. The highest BCUT2D eigenvalue weighted by Gasteiger charge is 1.95. The first kappa shape index (κ1) is 18.3. The number of aliphatic carboxylic acids is 1. The van der Waals surface area contributed by atoms with Crippen molar-refractivity contribution in [2.24, 2.45) is 0 Å². The van der Waals surface area contributed by atoms with E-state index in [4.69, 9.17) is 5.11 Å². The average Bonchev–Trinajstić information content (AvgIpc) is 2.15. The van der Waals surface area contributed by atoms with Crippen molar-refractivity contribution in [2.75, 3.05) is 20.0 Å². The van der Waals surface area contributed by atoms with Crippen LogP contribution in [0.1, 0.15) is 58.3 Å². The number of carbonyl (C=O) groups is 1. The van der Waals surface area contributed by atoms with Crippen molar-refractivity contribution in [3.63, 3.8) is 0 Å². The zero-order valence-electron chi connectivity index (χ0n) is 11.5. The Morgan fingerprint density at radius 1 is 0.938 bits per heavy atom. The summed E-state index contributed by atoms with van der Waals surface area (Å²) in [7, 11) is 0.380. The van der Waals surface area contributed by atoms with Gasteiger partial charge in [0.15, 0.2) is 0 Å². The van der Waals surface area contributed by atoms with Gasteiger partial charge in [-0.15, -0.1) is 7.92 Å². The molecule has 0 unspecified atom stereocenters. The van der Waals surface area contributed by atoms with Crippen LogP contribution in [-0.4, -0.2) is 31.1 Å². The van der Waals surface area contributed by atoms with Crippen molar-refractivity contribution in [1.82, 2.24) is 0 Å². The van der Waals surface area contributed by atoms with E-state index < -0.39 is 5.97 Å². The molecule has 16 heavy (non-hydrogen) atoms. The predicted molar refractivity (Wildman–Crippen MR) is 74.9 cm³/mol. The molecule has 0 heterocycles. The molecule has 1 N–H and O–H groups in total. The molecule has 0 saturated heterocycles. The summed E-state index contributed by atoms with van der Waals surface area (Å²) in [6.45, 7) is 8.89. The van der Waals surface area contributed by atoms with Gasteiger partial charge in [0.1, 0.15) is 0 Å². The van der Waals surface area contributed by atoms with Gasteiger partial charge in [0, 0.05) is 6.42 Å². The minimum Gasteiger partial charge on any atom is -0.481 e. The van der Waals surface area contributed by atoms with Gasteiger partial charge in [-0.25, -0.2) is 0 Å². The van der Waals surface area contributed by atoms with Gasteiger partial charge in [-0.2, -0.15) is 0 Å². The molecule has 0 bridgehead atoms. The quantitative estimate of drug-likeness (QED) is 0.504. The topological polar surface area (TPSA) is 37.3 Å². The molecule has 0 aliphatic carbocycles. The fourth-order valence-electron chi connectivity index (χ4n) is 1.23. The lowest BCUT2D eigenvalue weighted by molar-refractivity contribution is -0.137. The summed E-state index contributed by atoms with van der Waals surface area (Å²) in [6, 6.07) is 0. The molecular weight excluding hydrogens is 219 g/mol. The third-order valence-electron chi connectivity index (χ3n) is 1.99. The highest BCUT2D eigenvalue weighted by molar-refractivity contribution is 7.55. The van der Waals surface area contributed by atoms with E-state index in [1.165, 1.54) is 32.1 Å². The van der Waals surface area contributed by atoms with Crippen molar-refractivity contribution < 1.29 is 9.90 Å². The van der Waals surface area contributed by atoms with Gasteiger partial charge in [0.2, 0.25) is 0 Å². The normalized spacial score (nSPS) is 9.81. The standard InChI is InChI=1S/C10H20O2.C3H9P/c1-2-3-4-5-6-7-8-9-10(11)12;1-4(2)3/h2-9H2,1H3,(H,11,12);1-3H3. The molecule has 0 amide bonds. The van der Waals surface area contributed by atoms with E-state index in [0.29, 0.717) is 14.3 Å². The molecule has 0 aromatic carbocycles. The first-order valence-corrected chi connectivity index (χ1v) is 9.01. The molecule has 0 radical (unpaired) electrons. The second-order valence-electron chi connectivity index (χ2n) is 4.61. The molecule has 0 aromatic heterocycles. The van der Waals surface area contributed by atoms with E-state index in [0.717, 1.165) is 12.8 Å². The van der Waals surface area contributed by atoms with E-state index in [-0.39, 0.29) is 0 Å². The zero-order chi connectivity index (χ0) is 12.8. The summed E-state index contributed by atoms with van der Waals surface area (Å²) in [5, 5.41) is 8.35. The van der Waals surface area contributed by atoms with E-state index >= 15 is 0 Å². The second kappa shape index (κ2) is 14.9. The molecule has 0 atom stereocenters. The summed E-state index contributed by atoms with van der Waals surface area (Å²) in [6.07, 6.45) is 8.64. The number of carboxylic acid groups (broad SMARTS) is 1. The maximum absolute atomic E-state index is 10.1. The van der Waals surface area contributed by atoms with Crippen LogP contribution in [0.15, 0.2) is 0 Å². The number of hydrogen-bond donors (Lipinski definition) is 1. The largest absolute Gasteiger partial charge is 0.481 e. The van der Waals surface area contributed by atoms with Crippen LogP contribution in [0.4, 0.5) is 0 Å². The van der Waals surface area contributed by atoms with E-state index in [9.17, 15) is 4.79 Å². The van der Waals surface area contributed by atoms with Crippen LogP contribution < -0.4 is 0 Å². The SMILES string of the molecule is CCCCCCCCCC(=O)O.CP(C)C. The van der Waals surface area contributed by atoms with Crippen LogP contribution in [0.2, 0.25) is 0 Å². The van der Waals surface area contributed by atoms with Crippen LogP contribution in [0.3, 0.4) is 0 Å². The molecule has 0 spiro atoms. The Hall–Kier alpha value is -0.100. The van der Waals surface area contributed by atoms with Gasteiger partial charge in [-0.1, -0.05) is 45.4 Å². The summed E-state index contributed by atoms with van der Waals surface area (Å²) >= 11 is 0. The number of carboxylic acids is 1. The Morgan fingerprint density at radius 2 is 1.31 bits per heavy atom. The maximum Gasteiger partial charge on any atom is 0.303 e. The van der Waals surface area contributed by atoms with Crippen molar-refractivity contribution in [2.45, 2.75) is 58.3 Å². The molecular formula is C13H29O2P. The van der Waals surface area contributed by atoms with Crippen molar-refractivity contribution in [3.05, 3.63) is 0 Å². The molecule has 98 valence electrons. The summed E-state index contributed by atoms with van der Waals surface area (Å²) in [5.41, 5.74) is 0. The number of unbranched alkanes of at least 4 members (excludes halogenated alkanes) is 6. The predicted octanol–water partition coefficient (Wildman–Crippen LogP) is 4.57.